The summed E-state index contributed by atoms with van der Waals surface area (Å²) in [5.41, 5.74) is 2.20. The molecule has 2 aromatic carbocycles. The molecule has 0 fully saturated rings. The molecule has 0 bridgehead atoms. The number of aromatic nitrogens is 2. The minimum absolute atomic E-state index is 0.0979. The zero-order chi connectivity index (χ0) is 28.5. The number of unbranched alkanes of at least 4 members (excludes halogenated alkanes) is 3. The number of phenolic OH excluding ortho intramolecular Hbond substituents is 3. The highest BCUT2D eigenvalue weighted by Gasteiger charge is 2.17. The van der Waals surface area contributed by atoms with Gasteiger partial charge in [-0.1, -0.05) is 67.6 Å². The lowest BCUT2D eigenvalue weighted by Crippen LogP contribution is -2.00. The van der Waals surface area contributed by atoms with Crippen molar-refractivity contribution < 1.29 is 20.1 Å². The molecule has 39 heavy (non-hydrogen) atoms. The number of hydrogen-bond acceptors (Lipinski definition) is 6. The van der Waals surface area contributed by atoms with Crippen LogP contribution in [-0.4, -0.2) is 31.1 Å². The largest absolute Gasteiger partial charge is 0.508 e. The summed E-state index contributed by atoms with van der Waals surface area (Å²) >= 11 is 11.1. The molecular formula is C31H32Cl2N2O4. The number of pyridine rings is 2. The van der Waals surface area contributed by atoms with E-state index in [4.69, 9.17) is 28.3 Å². The van der Waals surface area contributed by atoms with Crippen molar-refractivity contribution in [2.45, 2.75) is 39.0 Å². The normalized spacial score (nSPS) is 10.2. The molecule has 2 aromatic heterocycles. The van der Waals surface area contributed by atoms with E-state index in [2.05, 4.69) is 29.0 Å². The molecule has 0 aliphatic carbocycles. The van der Waals surface area contributed by atoms with Gasteiger partial charge >= 0.3 is 0 Å². The highest BCUT2D eigenvalue weighted by Crippen LogP contribution is 2.33. The summed E-state index contributed by atoms with van der Waals surface area (Å²) in [6.07, 6.45) is 15.4. The van der Waals surface area contributed by atoms with Crippen LogP contribution in [0.2, 0.25) is 10.0 Å². The quantitative estimate of drug-likeness (QED) is 0.146. The molecule has 0 aliphatic rings. The molecule has 0 aliphatic heterocycles. The standard InChI is InChI=1S/C13H18O4.C12H10N2.C6H4Cl2/c1-2-3-4-5-6-10(15)13-11(16)7-9(14)8-12(13)17;1(11-3-7-13-8-4-11)2-12-5-9-14-10-6-12;7-5-2-1-3-6(8)4-5/h7-8,14,16-17H,2-6H2,1H3;1-10H;1-4H/b;2-1+;. The second-order valence-corrected chi connectivity index (χ2v) is 9.30. The van der Waals surface area contributed by atoms with Crippen LogP contribution < -0.4 is 0 Å². The molecule has 0 atom stereocenters. The summed E-state index contributed by atoms with van der Waals surface area (Å²) < 4.78 is 0. The lowest BCUT2D eigenvalue weighted by molar-refractivity contribution is 0.0973. The average molecular weight is 568 g/mol. The van der Waals surface area contributed by atoms with E-state index in [1.807, 2.05) is 30.3 Å². The molecule has 8 heteroatoms. The Morgan fingerprint density at radius 2 is 1.23 bits per heavy atom. The molecule has 3 N–H and O–H groups in total. The zero-order valence-electron chi connectivity index (χ0n) is 21.7. The fraction of sp³-hybridized carbons (Fsp3) is 0.194. The van der Waals surface area contributed by atoms with Gasteiger partial charge in [-0.25, -0.2) is 0 Å². The number of phenols is 3. The molecule has 0 unspecified atom stereocenters. The van der Waals surface area contributed by atoms with Crippen molar-refractivity contribution in [1.29, 1.82) is 0 Å². The van der Waals surface area contributed by atoms with Crippen LogP contribution in [0.15, 0.2) is 85.5 Å². The molecule has 0 radical (unpaired) electrons. The average Bonchev–Trinajstić information content (AvgIpc) is 2.91. The molecule has 4 rings (SSSR count). The fourth-order valence-electron chi connectivity index (χ4n) is 3.32. The van der Waals surface area contributed by atoms with E-state index in [1.165, 1.54) is 0 Å². The van der Waals surface area contributed by atoms with E-state index >= 15 is 0 Å². The van der Waals surface area contributed by atoms with Crippen molar-refractivity contribution in [3.63, 3.8) is 0 Å². The van der Waals surface area contributed by atoms with Crippen LogP contribution in [0.5, 0.6) is 17.2 Å². The number of nitrogens with zero attached hydrogens (tertiary/aromatic N) is 2. The number of hydrogen-bond donors (Lipinski definition) is 3. The maximum atomic E-state index is 11.8. The van der Waals surface area contributed by atoms with E-state index < -0.39 is 0 Å². The van der Waals surface area contributed by atoms with Crippen LogP contribution in [0, 0.1) is 0 Å². The molecule has 0 amide bonds. The van der Waals surface area contributed by atoms with E-state index in [0.717, 1.165) is 48.9 Å². The van der Waals surface area contributed by atoms with E-state index in [-0.39, 0.29) is 28.6 Å². The molecule has 2 heterocycles. The number of aromatic hydroxyl groups is 3. The predicted octanol–water partition coefficient (Wildman–Crippen LogP) is 8.60. The highest BCUT2D eigenvalue weighted by atomic mass is 35.5. The van der Waals surface area contributed by atoms with Crippen molar-refractivity contribution in [1.82, 2.24) is 9.97 Å². The van der Waals surface area contributed by atoms with Crippen LogP contribution >= 0.6 is 23.2 Å². The number of benzene rings is 2. The van der Waals surface area contributed by atoms with Gasteiger partial charge in [0.1, 0.15) is 22.8 Å². The first-order valence-electron chi connectivity index (χ1n) is 12.5. The SMILES string of the molecule is C(=C\c1ccncc1)/c1ccncc1.CCCCCCC(=O)c1c(O)cc(O)cc1O.Clc1cccc(Cl)c1. The van der Waals surface area contributed by atoms with Crippen LogP contribution in [-0.2, 0) is 0 Å². The molecule has 6 nitrogen and oxygen atoms in total. The topological polar surface area (TPSA) is 104 Å². The first kappa shape index (κ1) is 31.3. The molecule has 0 spiro atoms. The maximum absolute atomic E-state index is 11.8. The molecular weight excluding hydrogens is 535 g/mol. The van der Waals surface area contributed by atoms with Gasteiger partial charge in [0.2, 0.25) is 0 Å². The second kappa shape index (κ2) is 17.6. The minimum atomic E-state index is -0.372. The zero-order valence-corrected chi connectivity index (χ0v) is 23.2. The number of carbonyl (C=O) groups excluding carboxylic acids is 1. The van der Waals surface area contributed by atoms with Crippen LogP contribution in [0.1, 0.15) is 60.5 Å². The minimum Gasteiger partial charge on any atom is -0.508 e. The van der Waals surface area contributed by atoms with Crippen molar-refractivity contribution in [3.05, 3.63) is 112 Å². The Kier molecular flexibility index (Phi) is 14.2. The lowest BCUT2D eigenvalue weighted by Gasteiger charge is -2.07. The second-order valence-electron chi connectivity index (χ2n) is 8.43. The summed E-state index contributed by atoms with van der Waals surface area (Å²) in [6, 6.07) is 17.1. The molecule has 4 aromatic rings. The number of ketones is 1. The van der Waals surface area contributed by atoms with Crippen LogP contribution in [0.4, 0.5) is 0 Å². The lowest BCUT2D eigenvalue weighted by atomic mass is 10.0. The van der Waals surface area contributed by atoms with Gasteiger partial charge < -0.3 is 15.3 Å². The Bertz CT molecular complexity index is 1230. The van der Waals surface area contributed by atoms with Gasteiger partial charge in [0.15, 0.2) is 5.78 Å². The molecule has 204 valence electrons. The van der Waals surface area contributed by atoms with E-state index in [9.17, 15) is 15.0 Å². The van der Waals surface area contributed by atoms with E-state index in [1.54, 1.807) is 43.0 Å². The maximum Gasteiger partial charge on any atom is 0.170 e. The van der Waals surface area contributed by atoms with E-state index in [0.29, 0.717) is 16.5 Å². The Labute approximate surface area is 239 Å². The van der Waals surface area contributed by atoms with Crippen molar-refractivity contribution in [2.24, 2.45) is 0 Å². The van der Waals surface area contributed by atoms with Gasteiger partial charge in [0.25, 0.3) is 0 Å². The molecule has 0 saturated carbocycles. The smallest absolute Gasteiger partial charge is 0.170 e. The van der Waals surface area contributed by atoms with Gasteiger partial charge in [-0.05, 0) is 60.0 Å². The Hall–Kier alpha value is -3.87. The number of carbonyl (C=O) groups is 1. The summed E-state index contributed by atoms with van der Waals surface area (Å²) in [6.45, 7) is 2.08. The third-order valence-electron chi connectivity index (χ3n) is 5.28. The van der Waals surface area contributed by atoms with Crippen LogP contribution in [0.25, 0.3) is 12.2 Å². The van der Waals surface area contributed by atoms with Gasteiger partial charge in [0.05, 0.1) is 0 Å². The Balaban J connectivity index is 0.000000217. The first-order chi connectivity index (χ1) is 18.8. The number of rotatable bonds is 8. The summed E-state index contributed by atoms with van der Waals surface area (Å²) in [5.74, 6) is -1.30. The monoisotopic (exact) mass is 566 g/mol. The third kappa shape index (κ3) is 12.5. The van der Waals surface area contributed by atoms with Crippen LogP contribution in [0.3, 0.4) is 0 Å². The third-order valence-corrected chi connectivity index (χ3v) is 5.76. The highest BCUT2D eigenvalue weighted by molar-refractivity contribution is 6.34. The van der Waals surface area contributed by atoms with Crippen molar-refractivity contribution in [3.8, 4) is 17.2 Å². The van der Waals surface area contributed by atoms with Gasteiger partial charge in [-0.2, -0.15) is 0 Å². The van der Waals surface area contributed by atoms with Crippen molar-refractivity contribution in [2.75, 3.05) is 0 Å². The summed E-state index contributed by atoms with van der Waals surface area (Å²) in [5, 5.41) is 29.5. The summed E-state index contributed by atoms with van der Waals surface area (Å²) in [4.78, 5) is 19.7. The van der Waals surface area contributed by atoms with Gasteiger partial charge in [0, 0.05) is 53.4 Å². The number of halogens is 2. The first-order valence-corrected chi connectivity index (χ1v) is 13.2. The predicted molar refractivity (Wildman–Crippen MR) is 158 cm³/mol. The van der Waals surface area contributed by atoms with Crippen molar-refractivity contribution >= 4 is 41.1 Å². The Morgan fingerprint density at radius 1 is 0.744 bits per heavy atom. The molecule has 0 saturated heterocycles. The van der Waals surface area contributed by atoms with Gasteiger partial charge in [-0.15, -0.1) is 0 Å². The van der Waals surface area contributed by atoms with Gasteiger partial charge in [-0.3, -0.25) is 14.8 Å². The Morgan fingerprint density at radius 3 is 1.64 bits per heavy atom. The number of Topliss-reactive ketones (excluding diaryl/α,β-unsaturated/α-hetero) is 1. The fourth-order valence-corrected chi connectivity index (χ4v) is 3.76. The summed E-state index contributed by atoms with van der Waals surface area (Å²) in [7, 11) is 0.